The first kappa shape index (κ1) is 14.8. The predicted octanol–water partition coefficient (Wildman–Crippen LogP) is 0.471. The Morgan fingerprint density at radius 1 is 1.53 bits per heavy atom. The second-order valence-electron chi connectivity index (χ2n) is 5.58. The summed E-state index contributed by atoms with van der Waals surface area (Å²) in [7, 11) is 0. The number of nitrogens with zero attached hydrogens (tertiary/aromatic N) is 2. The molecule has 1 amide bonds. The van der Waals surface area contributed by atoms with Crippen LogP contribution in [0.25, 0.3) is 0 Å². The molecule has 0 saturated carbocycles. The van der Waals surface area contributed by atoms with Crippen LogP contribution in [0.4, 0.5) is 0 Å². The average Bonchev–Trinajstić information content (AvgIpc) is 3.01. The molecule has 5 nitrogen and oxygen atoms in total. The Morgan fingerprint density at radius 2 is 2.37 bits per heavy atom. The molecule has 0 aromatic carbocycles. The zero-order valence-electron chi connectivity index (χ0n) is 11.9. The Hall–Kier alpha value is -0.650. The van der Waals surface area contributed by atoms with Crippen molar-refractivity contribution in [2.75, 3.05) is 39.3 Å². The van der Waals surface area contributed by atoms with Crippen LogP contribution >= 0.6 is 0 Å². The third kappa shape index (κ3) is 4.44. The lowest BCUT2D eigenvalue weighted by atomic mass is 10.2. The molecule has 0 spiro atoms. The van der Waals surface area contributed by atoms with E-state index < -0.39 is 6.10 Å². The van der Waals surface area contributed by atoms with Gasteiger partial charge in [-0.1, -0.05) is 6.92 Å². The summed E-state index contributed by atoms with van der Waals surface area (Å²) in [6.45, 7) is 6.66. The molecule has 0 radical (unpaired) electrons. The molecule has 2 heterocycles. The van der Waals surface area contributed by atoms with E-state index >= 15 is 0 Å². The van der Waals surface area contributed by atoms with Crippen LogP contribution in [-0.2, 0) is 9.53 Å². The summed E-state index contributed by atoms with van der Waals surface area (Å²) < 4.78 is 5.63. The van der Waals surface area contributed by atoms with Gasteiger partial charge in [0.15, 0.2) is 0 Å². The van der Waals surface area contributed by atoms with Gasteiger partial charge in [-0.3, -0.25) is 9.69 Å². The van der Waals surface area contributed by atoms with Gasteiger partial charge >= 0.3 is 0 Å². The standard InChI is InChI=1S/C14H26N2O3/c1-2-15(11-13-5-4-8-19-13)9-12(17)10-16-7-3-6-14(16)18/h12-13,17H,2-11H2,1H3. The molecule has 19 heavy (non-hydrogen) atoms. The van der Waals surface area contributed by atoms with Gasteiger partial charge in [-0.2, -0.15) is 0 Å². The summed E-state index contributed by atoms with van der Waals surface area (Å²) in [6, 6.07) is 0. The van der Waals surface area contributed by atoms with E-state index in [1.807, 2.05) is 0 Å². The minimum absolute atomic E-state index is 0.182. The molecule has 2 fully saturated rings. The number of hydrogen-bond donors (Lipinski definition) is 1. The number of carbonyl (C=O) groups excluding carboxylic acids is 1. The predicted molar refractivity (Wildman–Crippen MR) is 72.9 cm³/mol. The first-order valence-corrected chi connectivity index (χ1v) is 7.49. The molecule has 2 aliphatic rings. The molecule has 0 aliphatic carbocycles. The summed E-state index contributed by atoms with van der Waals surface area (Å²) >= 11 is 0. The number of rotatable bonds is 7. The third-order valence-electron chi connectivity index (χ3n) is 4.00. The Morgan fingerprint density at radius 3 is 2.95 bits per heavy atom. The molecule has 5 heteroatoms. The first-order chi connectivity index (χ1) is 9.19. The van der Waals surface area contributed by atoms with E-state index in [2.05, 4.69) is 11.8 Å². The Kier molecular flexibility index (Phi) is 5.60. The number of amides is 1. The van der Waals surface area contributed by atoms with Crippen molar-refractivity contribution in [3.05, 3.63) is 0 Å². The topological polar surface area (TPSA) is 53.0 Å². The fourth-order valence-electron chi connectivity index (χ4n) is 2.92. The highest BCUT2D eigenvalue weighted by Crippen LogP contribution is 2.14. The van der Waals surface area contributed by atoms with Crippen LogP contribution in [0.1, 0.15) is 32.6 Å². The molecular formula is C14H26N2O3. The highest BCUT2D eigenvalue weighted by molar-refractivity contribution is 5.78. The van der Waals surface area contributed by atoms with E-state index in [1.54, 1.807) is 4.90 Å². The number of aliphatic hydroxyl groups excluding tert-OH is 1. The third-order valence-corrected chi connectivity index (χ3v) is 4.00. The summed E-state index contributed by atoms with van der Waals surface area (Å²) in [6.07, 6.45) is 3.70. The smallest absolute Gasteiger partial charge is 0.222 e. The van der Waals surface area contributed by atoms with Gasteiger partial charge in [0.25, 0.3) is 0 Å². The van der Waals surface area contributed by atoms with Crippen LogP contribution < -0.4 is 0 Å². The van der Waals surface area contributed by atoms with E-state index in [-0.39, 0.29) is 5.91 Å². The molecule has 2 unspecified atom stereocenters. The lowest BCUT2D eigenvalue weighted by molar-refractivity contribution is -0.129. The van der Waals surface area contributed by atoms with Crippen LogP contribution in [0.3, 0.4) is 0 Å². The number of likely N-dealkylation sites (tertiary alicyclic amines) is 1. The van der Waals surface area contributed by atoms with E-state index in [4.69, 9.17) is 4.74 Å². The van der Waals surface area contributed by atoms with Gasteiger partial charge in [-0.15, -0.1) is 0 Å². The number of likely N-dealkylation sites (N-methyl/N-ethyl adjacent to an activating group) is 1. The number of β-amino-alcohol motifs (C(OH)–C–C–N with tert-alkyl or cyclic N) is 1. The first-order valence-electron chi connectivity index (χ1n) is 7.49. The minimum atomic E-state index is -0.455. The quantitative estimate of drug-likeness (QED) is 0.731. The number of carbonyl (C=O) groups is 1. The summed E-state index contributed by atoms with van der Waals surface area (Å²) in [5, 5.41) is 10.1. The molecule has 2 rings (SSSR count). The van der Waals surface area contributed by atoms with Crippen molar-refractivity contribution < 1.29 is 14.6 Å². The second kappa shape index (κ2) is 7.22. The SMILES string of the molecule is CCN(CC(O)CN1CCCC1=O)CC1CCCO1. The van der Waals surface area contributed by atoms with E-state index in [1.165, 1.54) is 0 Å². The van der Waals surface area contributed by atoms with Gasteiger partial charge in [-0.25, -0.2) is 0 Å². The zero-order chi connectivity index (χ0) is 13.7. The van der Waals surface area contributed by atoms with Gasteiger partial charge in [0.1, 0.15) is 0 Å². The van der Waals surface area contributed by atoms with Crippen molar-refractivity contribution >= 4 is 5.91 Å². The normalized spacial score (nSPS) is 25.5. The maximum Gasteiger partial charge on any atom is 0.222 e. The fraction of sp³-hybridized carbons (Fsp3) is 0.929. The Bertz CT molecular complexity index is 292. The molecule has 0 aromatic rings. The Labute approximate surface area is 115 Å². The van der Waals surface area contributed by atoms with Crippen LogP contribution in [0, 0.1) is 0 Å². The summed E-state index contributed by atoms with van der Waals surface area (Å²) in [4.78, 5) is 15.5. The number of hydrogen-bond acceptors (Lipinski definition) is 4. The molecule has 110 valence electrons. The summed E-state index contributed by atoms with van der Waals surface area (Å²) in [5.41, 5.74) is 0. The molecule has 2 saturated heterocycles. The van der Waals surface area contributed by atoms with Gasteiger partial charge in [0.05, 0.1) is 12.2 Å². The van der Waals surface area contributed by atoms with Crippen molar-refractivity contribution in [2.45, 2.75) is 44.8 Å². The molecule has 1 N–H and O–H groups in total. The lowest BCUT2D eigenvalue weighted by Crippen LogP contribution is -2.43. The van der Waals surface area contributed by atoms with Crippen LogP contribution in [-0.4, -0.2) is 72.4 Å². The van der Waals surface area contributed by atoms with E-state index in [9.17, 15) is 9.90 Å². The average molecular weight is 270 g/mol. The van der Waals surface area contributed by atoms with Gasteiger partial charge < -0.3 is 14.7 Å². The second-order valence-corrected chi connectivity index (χ2v) is 5.58. The maximum atomic E-state index is 11.5. The van der Waals surface area contributed by atoms with Crippen molar-refractivity contribution in [3.63, 3.8) is 0 Å². The van der Waals surface area contributed by atoms with Crippen molar-refractivity contribution in [1.29, 1.82) is 0 Å². The summed E-state index contributed by atoms with van der Waals surface area (Å²) in [5.74, 6) is 0.182. The van der Waals surface area contributed by atoms with Crippen molar-refractivity contribution in [3.8, 4) is 0 Å². The molecule has 0 aromatic heterocycles. The van der Waals surface area contributed by atoms with Gasteiger partial charge in [0, 0.05) is 39.2 Å². The highest BCUT2D eigenvalue weighted by Gasteiger charge is 2.24. The van der Waals surface area contributed by atoms with E-state index in [0.717, 1.165) is 45.5 Å². The maximum absolute atomic E-state index is 11.5. The van der Waals surface area contributed by atoms with Gasteiger partial charge in [0.2, 0.25) is 5.91 Å². The molecule has 2 aliphatic heterocycles. The van der Waals surface area contributed by atoms with Crippen molar-refractivity contribution in [1.82, 2.24) is 9.80 Å². The molecule has 0 bridgehead atoms. The van der Waals surface area contributed by atoms with Crippen LogP contribution in [0.15, 0.2) is 0 Å². The lowest BCUT2D eigenvalue weighted by Gasteiger charge is -2.28. The fourth-order valence-corrected chi connectivity index (χ4v) is 2.92. The Balaban J connectivity index is 1.72. The monoisotopic (exact) mass is 270 g/mol. The number of aliphatic hydroxyl groups is 1. The van der Waals surface area contributed by atoms with Crippen LogP contribution in [0.2, 0.25) is 0 Å². The van der Waals surface area contributed by atoms with Gasteiger partial charge in [-0.05, 0) is 25.8 Å². The van der Waals surface area contributed by atoms with Crippen LogP contribution in [0.5, 0.6) is 0 Å². The van der Waals surface area contributed by atoms with E-state index in [0.29, 0.717) is 25.6 Å². The number of ether oxygens (including phenoxy) is 1. The largest absolute Gasteiger partial charge is 0.390 e. The molecular weight excluding hydrogens is 244 g/mol. The molecule has 2 atom stereocenters. The van der Waals surface area contributed by atoms with Crippen molar-refractivity contribution in [2.24, 2.45) is 0 Å². The highest BCUT2D eigenvalue weighted by atomic mass is 16.5. The minimum Gasteiger partial charge on any atom is -0.390 e. The zero-order valence-corrected chi connectivity index (χ0v) is 11.9.